The van der Waals surface area contributed by atoms with E-state index >= 15 is 0 Å². The monoisotopic (exact) mass is 331 g/mol. The van der Waals surface area contributed by atoms with Crippen molar-refractivity contribution in [1.29, 1.82) is 0 Å². The van der Waals surface area contributed by atoms with Crippen LogP contribution >= 0.6 is 11.6 Å². The number of primary amides is 1. The molecule has 2 aromatic rings. The van der Waals surface area contributed by atoms with Crippen LogP contribution in [0.5, 0.6) is 5.75 Å². The second kappa shape index (κ2) is 7.51. The van der Waals surface area contributed by atoms with E-state index < -0.39 is 11.5 Å². The first-order valence-electron chi connectivity index (χ1n) is 7.75. The van der Waals surface area contributed by atoms with Crippen LogP contribution < -0.4 is 10.5 Å². The van der Waals surface area contributed by atoms with Crippen LogP contribution in [0.2, 0.25) is 5.02 Å². The van der Waals surface area contributed by atoms with Crippen LogP contribution in [0, 0.1) is 0 Å². The van der Waals surface area contributed by atoms with E-state index in [1.54, 1.807) is 6.92 Å². The smallest absolute Gasteiger partial charge is 0.261 e. The van der Waals surface area contributed by atoms with Gasteiger partial charge in [0.1, 0.15) is 5.75 Å². The fourth-order valence-corrected chi connectivity index (χ4v) is 2.60. The van der Waals surface area contributed by atoms with Gasteiger partial charge >= 0.3 is 0 Å². The number of carbonyl (C=O) groups excluding carboxylic acids is 1. The number of nitrogens with two attached hydrogens (primary N) is 1. The predicted molar refractivity (Wildman–Crippen MR) is 93.8 cm³/mol. The molecule has 0 aliphatic rings. The first kappa shape index (κ1) is 17.4. The second-order valence-corrected chi connectivity index (χ2v) is 6.33. The molecule has 1 atom stereocenters. The fraction of sp³-hybridized carbons (Fsp3) is 0.316. The number of hydrogen-bond acceptors (Lipinski definition) is 2. The number of carbonyl (C=O) groups is 1. The molecule has 3 nitrogen and oxygen atoms in total. The van der Waals surface area contributed by atoms with Gasteiger partial charge in [0.2, 0.25) is 0 Å². The Morgan fingerprint density at radius 2 is 1.61 bits per heavy atom. The van der Waals surface area contributed by atoms with Crippen molar-refractivity contribution in [3.05, 3.63) is 64.7 Å². The molecule has 23 heavy (non-hydrogen) atoms. The second-order valence-electron chi connectivity index (χ2n) is 5.89. The number of hydrogen-bond donors (Lipinski definition) is 1. The van der Waals surface area contributed by atoms with Gasteiger partial charge in [-0.3, -0.25) is 4.79 Å². The summed E-state index contributed by atoms with van der Waals surface area (Å²) in [6.07, 6.45) is 2.24. The van der Waals surface area contributed by atoms with Gasteiger partial charge in [-0.2, -0.15) is 0 Å². The highest BCUT2D eigenvalue weighted by molar-refractivity contribution is 6.30. The number of benzene rings is 2. The summed E-state index contributed by atoms with van der Waals surface area (Å²) < 4.78 is 5.83. The minimum atomic E-state index is -0.966. The molecule has 0 aliphatic heterocycles. The van der Waals surface area contributed by atoms with E-state index in [0.29, 0.717) is 12.2 Å². The van der Waals surface area contributed by atoms with Crippen molar-refractivity contribution in [3.63, 3.8) is 0 Å². The summed E-state index contributed by atoms with van der Waals surface area (Å²) in [7, 11) is 0. The number of rotatable bonds is 7. The van der Waals surface area contributed by atoms with E-state index in [1.165, 1.54) is 5.56 Å². The van der Waals surface area contributed by atoms with E-state index in [1.807, 2.05) is 55.5 Å². The predicted octanol–water partition coefficient (Wildman–Crippen LogP) is 4.35. The lowest BCUT2D eigenvalue weighted by Gasteiger charge is -2.27. The molecule has 0 saturated carbocycles. The third-order valence-electron chi connectivity index (χ3n) is 3.84. The molecule has 0 aliphatic carbocycles. The zero-order valence-electron chi connectivity index (χ0n) is 13.5. The Balaban J connectivity index is 2.06. The maximum Gasteiger partial charge on any atom is 0.261 e. The summed E-state index contributed by atoms with van der Waals surface area (Å²) in [5.74, 6) is 0.212. The molecular weight excluding hydrogens is 310 g/mol. The minimum absolute atomic E-state index is 0.440. The van der Waals surface area contributed by atoms with Crippen LogP contribution in [0.25, 0.3) is 0 Å². The molecule has 0 heterocycles. The largest absolute Gasteiger partial charge is 0.478 e. The van der Waals surface area contributed by atoms with Crippen molar-refractivity contribution in [1.82, 2.24) is 0 Å². The Hall–Kier alpha value is -2.00. The molecule has 2 aromatic carbocycles. The Bertz CT molecular complexity index is 652. The molecule has 4 heteroatoms. The summed E-state index contributed by atoms with van der Waals surface area (Å²) >= 11 is 5.89. The normalized spacial score (nSPS) is 13.3. The van der Waals surface area contributed by atoms with Crippen LogP contribution in [0.1, 0.15) is 37.8 Å². The van der Waals surface area contributed by atoms with E-state index in [0.717, 1.165) is 23.4 Å². The SMILES string of the molecule is CCCC(C)(Oc1ccc(Cc2ccc(Cl)cc2)cc1)C(N)=O. The van der Waals surface area contributed by atoms with Gasteiger partial charge < -0.3 is 10.5 Å². The maximum atomic E-state index is 11.6. The molecule has 1 unspecified atom stereocenters. The van der Waals surface area contributed by atoms with Crippen LogP contribution in [-0.2, 0) is 11.2 Å². The maximum absolute atomic E-state index is 11.6. The summed E-state index contributed by atoms with van der Waals surface area (Å²) in [4.78, 5) is 11.6. The molecule has 122 valence electrons. The number of ether oxygens (including phenoxy) is 1. The van der Waals surface area contributed by atoms with Gasteiger partial charge in [-0.05, 0) is 55.2 Å². The fourth-order valence-electron chi connectivity index (χ4n) is 2.48. The third kappa shape index (κ3) is 4.73. The lowest BCUT2D eigenvalue weighted by molar-refractivity contribution is -0.132. The average Bonchev–Trinajstić information content (AvgIpc) is 2.51. The van der Waals surface area contributed by atoms with Crippen molar-refractivity contribution in [3.8, 4) is 5.75 Å². The molecule has 0 radical (unpaired) electrons. The highest BCUT2D eigenvalue weighted by Gasteiger charge is 2.32. The number of amides is 1. The Kier molecular flexibility index (Phi) is 5.67. The first-order chi connectivity index (χ1) is 10.9. The lowest BCUT2D eigenvalue weighted by atomic mass is 9.99. The van der Waals surface area contributed by atoms with Gasteiger partial charge in [0.15, 0.2) is 5.60 Å². The topological polar surface area (TPSA) is 52.3 Å². The molecule has 0 bridgehead atoms. The van der Waals surface area contributed by atoms with Gasteiger partial charge in [-0.25, -0.2) is 0 Å². The number of halogens is 1. The van der Waals surface area contributed by atoms with Crippen LogP contribution in [0.3, 0.4) is 0 Å². The van der Waals surface area contributed by atoms with Crippen LogP contribution in [-0.4, -0.2) is 11.5 Å². The average molecular weight is 332 g/mol. The van der Waals surface area contributed by atoms with Crippen molar-refractivity contribution in [2.75, 3.05) is 0 Å². The van der Waals surface area contributed by atoms with Gasteiger partial charge in [0.05, 0.1) is 0 Å². The molecule has 0 spiro atoms. The van der Waals surface area contributed by atoms with Gasteiger partial charge in [-0.15, -0.1) is 0 Å². The standard InChI is InChI=1S/C19H22ClNO2/c1-3-12-19(2,18(21)22)23-17-10-6-15(7-11-17)13-14-4-8-16(20)9-5-14/h4-11H,3,12-13H2,1-2H3,(H2,21,22). The van der Waals surface area contributed by atoms with E-state index in [-0.39, 0.29) is 0 Å². The minimum Gasteiger partial charge on any atom is -0.478 e. The van der Waals surface area contributed by atoms with E-state index in [4.69, 9.17) is 22.1 Å². The summed E-state index contributed by atoms with van der Waals surface area (Å²) in [6.45, 7) is 3.74. The first-order valence-corrected chi connectivity index (χ1v) is 8.13. The van der Waals surface area contributed by atoms with Gasteiger partial charge in [-0.1, -0.05) is 49.2 Å². The highest BCUT2D eigenvalue weighted by atomic mass is 35.5. The molecular formula is C19H22ClNO2. The van der Waals surface area contributed by atoms with Crippen molar-refractivity contribution < 1.29 is 9.53 Å². The molecule has 2 N–H and O–H groups in total. The Labute approximate surface area is 142 Å². The lowest BCUT2D eigenvalue weighted by Crippen LogP contribution is -2.46. The highest BCUT2D eigenvalue weighted by Crippen LogP contribution is 2.24. The molecule has 0 saturated heterocycles. The molecule has 2 rings (SSSR count). The van der Waals surface area contributed by atoms with E-state index in [9.17, 15) is 4.79 Å². The Morgan fingerprint density at radius 3 is 2.09 bits per heavy atom. The zero-order valence-corrected chi connectivity index (χ0v) is 14.3. The van der Waals surface area contributed by atoms with Gasteiger partial charge in [0.25, 0.3) is 5.91 Å². The summed E-state index contributed by atoms with van der Waals surface area (Å²) in [6, 6.07) is 15.5. The third-order valence-corrected chi connectivity index (χ3v) is 4.09. The summed E-state index contributed by atoms with van der Waals surface area (Å²) in [5, 5.41) is 0.735. The van der Waals surface area contributed by atoms with Crippen LogP contribution in [0.4, 0.5) is 0 Å². The molecule has 0 fully saturated rings. The van der Waals surface area contributed by atoms with Crippen molar-refractivity contribution >= 4 is 17.5 Å². The van der Waals surface area contributed by atoms with Crippen LogP contribution in [0.15, 0.2) is 48.5 Å². The van der Waals surface area contributed by atoms with E-state index in [2.05, 4.69) is 0 Å². The molecule has 1 amide bonds. The Morgan fingerprint density at radius 1 is 1.09 bits per heavy atom. The molecule has 0 aromatic heterocycles. The quantitative estimate of drug-likeness (QED) is 0.819. The van der Waals surface area contributed by atoms with Crippen molar-refractivity contribution in [2.24, 2.45) is 5.73 Å². The zero-order chi connectivity index (χ0) is 16.9. The van der Waals surface area contributed by atoms with Gasteiger partial charge in [0, 0.05) is 5.02 Å². The van der Waals surface area contributed by atoms with Crippen molar-refractivity contribution in [2.45, 2.75) is 38.7 Å². The summed E-state index contributed by atoms with van der Waals surface area (Å²) in [5.41, 5.74) is 6.86.